The van der Waals surface area contributed by atoms with Gasteiger partial charge in [-0.25, -0.2) is 4.79 Å². The van der Waals surface area contributed by atoms with Crippen molar-refractivity contribution < 1.29 is 9.63 Å². The van der Waals surface area contributed by atoms with Crippen molar-refractivity contribution in [3.05, 3.63) is 68.0 Å². The molecule has 0 amide bonds. The zero-order chi connectivity index (χ0) is 17.3. The third kappa shape index (κ3) is 3.35. The number of fused-ring (bicyclic) bond motifs is 1. The largest absolute Gasteiger partial charge is 0.380 e. The van der Waals surface area contributed by atoms with Crippen LogP contribution in [0, 0.1) is 0 Å². The Morgan fingerprint density at radius 3 is 2.58 bits per heavy atom. The number of oxime groups is 1. The lowest BCUT2D eigenvalue weighted by Gasteiger charge is -2.03. The van der Waals surface area contributed by atoms with E-state index in [-0.39, 0.29) is 10.7 Å². The lowest BCUT2D eigenvalue weighted by molar-refractivity contribution is 0.0522. The van der Waals surface area contributed by atoms with Crippen LogP contribution in [0.3, 0.4) is 0 Å². The van der Waals surface area contributed by atoms with Crippen molar-refractivity contribution in [3.63, 3.8) is 0 Å². The summed E-state index contributed by atoms with van der Waals surface area (Å²) in [5.74, 6) is -0.725. The van der Waals surface area contributed by atoms with Crippen LogP contribution >= 0.6 is 46.1 Å². The van der Waals surface area contributed by atoms with E-state index in [1.807, 2.05) is 24.3 Å². The third-order valence-electron chi connectivity index (χ3n) is 3.15. The van der Waals surface area contributed by atoms with Crippen molar-refractivity contribution in [2.75, 3.05) is 0 Å². The van der Waals surface area contributed by atoms with Crippen molar-refractivity contribution in [2.45, 2.75) is 0 Å². The molecule has 1 aromatic heterocycles. The minimum atomic E-state index is -0.686. The Balaban J connectivity index is 1.84. The Morgan fingerprint density at radius 2 is 1.88 bits per heavy atom. The summed E-state index contributed by atoms with van der Waals surface area (Å²) in [6, 6.07) is 12.1. The van der Waals surface area contributed by atoms with Crippen molar-refractivity contribution in [1.29, 1.82) is 0 Å². The number of amidine groups is 1. The second-order valence-corrected chi connectivity index (χ2v) is 6.99. The predicted octanol–water partition coefficient (Wildman–Crippen LogP) is 5.34. The van der Waals surface area contributed by atoms with Crippen LogP contribution in [0.15, 0.2) is 47.6 Å². The van der Waals surface area contributed by atoms with Gasteiger partial charge in [-0.05, 0) is 24.3 Å². The molecule has 0 atom stereocenters. The summed E-state index contributed by atoms with van der Waals surface area (Å²) in [5, 5.41) is 5.52. The zero-order valence-corrected chi connectivity index (χ0v) is 15.0. The molecule has 0 saturated carbocycles. The average molecular weight is 400 g/mol. The summed E-state index contributed by atoms with van der Waals surface area (Å²) >= 11 is 19.3. The first kappa shape index (κ1) is 17.0. The molecule has 0 aliphatic heterocycles. The van der Waals surface area contributed by atoms with Crippen molar-refractivity contribution in [3.8, 4) is 0 Å². The van der Waals surface area contributed by atoms with Gasteiger partial charge in [0, 0.05) is 20.7 Å². The maximum atomic E-state index is 12.2. The van der Waals surface area contributed by atoms with Crippen LogP contribution in [-0.4, -0.2) is 11.8 Å². The molecule has 0 saturated heterocycles. The summed E-state index contributed by atoms with van der Waals surface area (Å²) in [6.07, 6.45) is 0. The molecule has 0 bridgehead atoms. The molecule has 2 aromatic carbocycles. The quantitative estimate of drug-likeness (QED) is 0.280. The van der Waals surface area contributed by atoms with Gasteiger partial charge >= 0.3 is 5.97 Å². The predicted molar refractivity (Wildman–Crippen MR) is 99.4 cm³/mol. The van der Waals surface area contributed by atoms with E-state index < -0.39 is 5.97 Å². The fourth-order valence-corrected chi connectivity index (χ4v) is 3.91. The van der Waals surface area contributed by atoms with Gasteiger partial charge in [0.15, 0.2) is 5.84 Å². The molecular weight excluding hydrogens is 391 g/mol. The number of carbonyl (C=O) groups excluding carboxylic acids is 1. The number of hydrogen-bond donors (Lipinski definition) is 1. The molecule has 0 aliphatic rings. The molecule has 0 fully saturated rings. The van der Waals surface area contributed by atoms with E-state index in [9.17, 15) is 4.79 Å². The van der Waals surface area contributed by atoms with Crippen LogP contribution in [0.4, 0.5) is 0 Å². The van der Waals surface area contributed by atoms with Gasteiger partial charge in [-0.3, -0.25) is 0 Å². The number of hydrogen-bond acceptors (Lipinski definition) is 4. The van der Waals surface area contributed by atoms with Crippen molar-refractivity contribution >= 4 is 68.0 Å². The first-order chi connectivity index (χ1) is 11.5. The van der Waals surface area contributed by atoms with Crippen molar-refractivity contribution in [2.24, 2.45) is 10.9 Å². The first-order valence-electron chi connectivity index (χ1n) is 6.64. The number of thiophene rings is 1. The highest BCUT2D eigenvalue weighted by atomic mass is 35.5. The fourth-order valence-electron chi connectivity index (χ4n) is 2.02. The molecule has 0 unspecified atom stereocenters. The standard InChI is InChI=1S/C16H9Cl3N2O2S/c17-8-5-6-9(11(18)7-8)15(20)21-23-16(22)14-13(19)10-3-1-2-4-12(10)24-14/h1-7H,(H2,20,21). The van der Waals surface area contributed by atoms with E-state index in [1.54, 1.807) is 12.1 Å². The summed E-state index contributed by atoms with van der Waals surface area (Å²) in [6.45, 7) is 0. The van der Waals surface area contributed by atoms with E-state index in [4.69, 9.17) is 45.4 Å². The van der Waals surface area contributed by atoms with Crippen LogP contribution in [0.5, 0.6) is 0 Å². The number of rotatable bonds is 3. The highest BCUT2D eigenvalue weighted by Crippen LogP contribution is 2.35. The minimum Gasteiger partial charge on any atom is -0.380 e. The number of benzene rings is 2. The third-order valence-corrected chi connectivity index (χ3v) is 5.36. The van der Waals surface area contributed by atoms with Crippen LogP contribution in [0.25, 0.3) is 10.1 Å². The lowest BCUT2D eigenvalue weighted by atomic mass is 10.2. The maximum absolute atomic E-state index is 12.2. The van der Waals surface area contributed by atoms with E-state index in [1.165, 1.54) is 17.4 Å². The molecule has 8 heteroatoms. The summed E-state index contributed by atoms with van der Waals surface area (Å²) in [5.41, 5.74) is 6.21. The van der Waals surface area contributed by atoms with Gasteiger partial charge in [0.25, 0.3) is 0 Å². The van der Waals surface area contributed by atoms with Gasteiger partial charge in [-0.1, -0.05) is 58.2 Å². The molecular formula is C16H9Cl3N2O2S. The Hall–Kier alpha value is -1.79. The number of nitrogens with two attached hydrogens (primary N) is 1. The molecule has 2 N–H and O–H groups in total. The number of halogens is 3. The molecule has 122 valence electrons. The van der Waals surface area contributed by atoms with E-state index in [0.717, 1.165) is 10.1 Å². The molecule has 1 heterocycles. The van der Waals surface area contributed by atoms with Crippen LogP contribution in [0.2, 0.25) is 15.1 Å². The minimum absolute atomic E-state index is 0.0396. The normalized spacial score (nSPS) is 11.7. The Labute approximate surface area is 156 Å². The summed E-state index contributed by atoms with van der Waals surface area (Å²) < 4.78 is 0.882. The monoisotopic (exact) mass is 398 g/mol. The van der Waals surface area contributed by atoms with Crippen LogP contribution in [0.1, 0.15) is 15.2 Å². The van der Waals surface area contributed by atoms with E-state index in [2.05, 4.69) is 5.16 Å². The molecule has 0 spiro atoms. The topological polar surface area (TPSA) is 64.7 Å². The van der Waals surface area contributed by atoms with Gasteiger partial charge in [0.1, 0.15) is 4.88 Å². The van der Waals surface area contributed by atoms with E-state index in [0.29, 0.717) is 20.6 Å². The Kier molecular flexibility index (Phi) is 4.96. The summed E-state index contributed by atoms with van der Waals surface area (Å²) in [4.78, 5) is 17.4. The average Bonchev–Trinajstić information content (AvgIpc) is 2.90. The zero-order valence-electron chi connectivity index (χ0n) is 11.9. The SMILES string of the molecule is N/C(=N\OC(=O)c1sc2ccccc2c1Cl)c1ccc(Cl)cc1Cl. The molecule has 0 radical (unpaired) electrons. The molecule has 3 aromatic rings. The maximum Gasteiger partial charge on any atom is 0.377 e. The molecule has 3 rings (SSSR count). The smallest absolute Gasteiger partial charge is 0.377 e. The van der Waals surface area contributed by atoms with Gasteiger partial charge in [0.2, 0.25) is 0 Å². The van der Waals surface area contributed by atoms with Crippen LogP contribution in [-0.2, 0) is 4.84 Å². The molecule has 4 nitrogen and oxygen atoms in total. The Bertz CT molecular complexity index is 969. The fraction of sp³-hybridized carbons (Fsp3) is 0. The van der Waals surface area contributed by atoms with Gasteiger partial charge in [-0.15, -0.1) is 11.3 Å². The second-order valence-electron chi connectivity index (χ2n) is 4.72. The first-order valence-corrected chi connectivity index (χ1v) is 8.59. The van der Waals surface area contributed by atoms with Gasteiger partial charge in [0.05, 0.1) is 10.0 Å². The summed E-state index contributed by atoms with van der Waals surface area (Å²) in [7, 11) is 0. The molecule has 0 aliphatic carbocycles. The Morgan fingerprint density at radius 1 is 1.12 bits per heavy atom. The van der Waals surface area contributed by atoms with Crippen LogP contribution < -0.4 is 5.73 Å². The van der Waals surface area contributed by atoms with Gasteiger partial charge in [-0.2, -0.15) is 0 Å². The lowest BCUT2D eigenvalue weighted by Crippen LogP contribution is -2.15. The number of carbonyl (C=O) groups is 1. The van der Waals surface area contributed by atoms with E-state index >= 15 is 0 Å². The highest BCUT2D eigenvalue weighted by Gasteiger charge is 2.19. The number of nitrogens with zero attached hydrogens (tertiary/aromatic N) is 1. The van der Waals surface area contributed by atoms with Crippen molar-refractivity contribution in [1.82, 2.24) is 0 Å². The second kappa shape index (κ2) is 6.99. The molecule has 24 heavy (non-hydrogen) atoms. The van der Waals surface area contributed by atoms with Gasteiger partial charge < -0.3 is 10.6 Å². The highest BCUT2D eigenvalue weighted by molar-refractivity contribution is 7.21.